The van der Waals surface area contributed by atoms with E-state index < -0.39 is 16.1 Å². The number of amides is 2. The van der Waals surface area contributed by atoms with Gasteiger partial charge in [-0.3, -0.25) is 9.59 Å². The van der Waals surface area contributed by atoms with Crippen LogP contribution in [-0.2, 0) is 26.2 Å². The van der Waals surface area contributed by atoms with Gasteiger partial charge in [-0.25, -0.2) is 12.7 Å². The van der Waals surface area contributed by atoms with Gasteiger partial charge in [-0.2, -0.15) is 0 Å². The molecule has 0 aromatic heterocycles. The van der Waals surface area contributed by atoms with Crippen LogP contribution in [0.2, 0.25) is 10.0 Å². The molecule has 2 amide bonds. The molecule has 1 atom stereocenters. The topological polar surface area (TPSA) is 86.8 Å². The van der Waals surface area contributed by atoms with Gasteiger partial charge in [0.05, 0.1) is 4.90 Å². The summed E-state index contributed by atoms with van der Waals surface area (Å²) >= 11 is 12.6. The number of nitrogens with one attached hydrogen (secondary N) is 1. The highest BCUT2D eigenvalue weighted by molar-refractivity contribution is 7.89. The van der Waals surface area contributed by atoms with Crippen molar-refractivity contribution < 1.29 is 18.0 Å². The van der Waals surface area contributed by atoms with Crippen molar-refractivity contribution in [2.24, 2.45) is 0 Å². The minimum atomic E-state index is -3.64. The van der Waals surface area contributed by atoms with E-state index in [0.29, 0.717) is 22.2 Å². The van der Waals surface area contributed by atoms with Crippen LogP contribution in [0.4, 0.5) is 0 Å². The van der Waals surface area contributed by atoms with Crippen LogP contribution < -0.4 is 5.32 Å². The van der Waals surface area contributed by atoms with Gasteiger partial charge in [0.25, 0.3) is 0 Å². The summed E-state index contributed by atoms with van der Waals surface area (Å²) in [6.45, 7) is 4.08. The highest BCUT2D eigenvalue weighted by Gasteiger charge is 2.27. The molecule has 0 saturated heterocycles. The number of sulfonamides is 1. The molecule has 2 rings (SSSR count). The maximum Gasteiger partial charge on any atom is 0.242 e. The van der Waals surface area contributed by atoms with Crippen LogP contribution in [-0.4, -0.2) is 55.6 Å². The zero-order valence-electron chi connectivity index (χ0n) is 18.9. The van der Waals surface area contributed by atoms with Crippen LogP contribution in [0.15, 0.2) is 53.4 Å². The van der Waals surface area contributed by atoms with Gasteiger partial charge in [-0.05, 0) is 44.5 Å². The van der Waals surface area contributed by atoms with E-state index in [2.05, 4.69) is 5.32 Å². The Morgan fingerprint density at radius 1 is 1.03 bits per heavy atom. The molecule has 1 N–H and O–H groups in total. The summed E-state index contributed by atoms with van der Waals surface area (Å²) in [5.41, 5.74) is 0.550. The van der Waals surface area contributed by atoms with Crippen LogP contribution >= 0.6 is 23.2 Å². The molecule has 33 heavy (non-hydrogen) atoms. The minimum absolute atomic E-state index is 0.0560. The van der Waals surface area contributed by atoms with Crippen LogP contribution in [0.5, 0.6) is 0 Å². The Bertz CT molecular complexity index is 1040. The van der Waals surface area contributed by atoms with E-state index in [-0.39, 0.29) is 42.6 Å². The predicted molar refractivity (Wildman–Crippen MR) is 131 cm³/mol. The first-order valence-corrected chi connectivity index (χ1v) is 12.8. The number of carbonyl (C=O) groups is 2. The van der Waals surface area contributed by atoms with Gasteiger partial charge in [-0.15, -0.1) is 0 Å². The van der Waals surface area contributed by atoms with Crippen LogP contribution in [0.1, 0.15) is 32.3 Å². The fourth-order valence-corrected chi connectivity index (χ4v) is 4.99. The van der Waals surface area contributed by atoms with E-state index in [0.717, 1.165) is 0 Å². The van der Waals surface area contributed by atoms with Crippen molar-refractivity contribution in [1.29, 1.82) is 0 Å². The summed E-state index contributed by atoms with van der Waals surface area (Å²) in [6.07, 6.45) is 0.344. The number of rotatable bonds is 11. The maximum atomic E-state index is 13.1. The Labute approximate surface area is 205 Å². The lowest BCUT2D eigenvalue weighted by Crippen LogP contribution is -2.47. The number of hydrogen-bond donors (Lipinski definition) is 1. The molecule has 0 aliphatic carbocycles. The van der Waals surface area contributed by atoms with E-state index in [9.17, 15) is 18.0 Å². The number of likely N-dealkylation sites (N-methyl/N-ethyl adjacent to an activating group) is 1. The van der Waals surface area contributed by atoms with Crippen LogP contribution in [0.25, 0.3) is 0 Å². The van der Waals surface area contributed by atoms with Crippen molar-refractivity contribution in [2.45, 2.75) is 44.2 Å². The minimum Gasteiger partial charge on any atom is -0.355 e. The third-order valence-electron chi connectivity index (χ3n) is 5.22. The number of benzene rings is 2. The van der Waals surface area contributed by atoms with Gasteiger partial charge >= 0.3 is 0 Å². The van der Waals surface area contributed by atoms with Gasteiger partial charge in [0.2, 0.25) is 21.8 Å². The van der Waals surface area contributed by atoms with E-state index in [4.69, 9.17) is 23.2 Å². The Balaban J connectivity index is 2.12. The van der Waals surface area contributed by atoms with Crippen molar-refractivity contribution >= 4 is 45.0 Å². The fourth-order valence-electron chi connectivity index (χ4n) is 3.25. The highest BCUT2D eigenvalue weighted by Crippen LogP contribution is 2.27. The normalized spacial score (nSPS) is 12.4. The smallest absolute Gasteiger partial charge is 0.242 e. The van der Waals surface area contributed by atoms with Crippen molar-refractivity contribution in [2.75, 3.05) is 20.1 Å². The third kappa shape index (κ3) is 7.17. The summed E-state index contributed by atoms with van der Waals surface area (Å²) in [5.74, 6) is -0.590. The molecule has 0 unspecified atom stereocenters. The van der Waals surface area contributed by atoms with Gasteiger partial charge in [0, 0.05) is 48.7 Å². The monoisotopic (exact) mass is 513 g/mol. The summed E-state index contributed by atoms with van der Waals surface area (Å²) < 4.78 is 26.6. The lowest BCUT2D eigenvalue weighted by Gasteiger charge is -2.29. The summed E-state index contributed by atoms with van der Waals surface area (Å²) in [4.78, 5) is 27.2. The van der Waals surface area contributed by atoms with E-state index in [1.807, 2.05) is 0 Å². The summed E-state index contributed by atoms with van der Waals surface area (Å²) in [5, 5.41) is 3.52. The molecular formula is C23H29Cl2N3O4S. The SMILES string of the molecule is CCNC(=O)[C@@H](C)N(Cc1c(Cl)cccc1Cl)C(=O)CCCN(C)S(=O)(=O)c1ccccc1. The zero-order valence-corrected chi connectivity index (χ0v) is 21.3. The first kappa shape index (κ1) is 27.1. The number of hydrogen-bond acceptors (Lipinski definition) is 4. The Hall–Kier alpha value is -2.13. The van der Waals surface area contributed by atoms with Gasteiger partial charge in [0.15, 0.2) is 0 Å². The molecule has 2 aromatic rings. The molecule has 7 nitrogen and oxygen atoms in total. The van der Waals surface area contributed by atoms with Crippen molar-refractivity contribution in [3.63, 3.8) is 0 Å². The second kappa shape index (κ2) is 12.4. The van der Waals surface area contributed by atoms with Crippen molar-refractivity contribution in [3.8, 4) is 0 Å². The Morgan fingerprint density at radius 3 is 2.21 bits per heavy atom. The van der Waals surface area contributed by atoms with E-state index in [1.54, 1.807) is 50.2 Å². The lowest BCUT2D eigenvalue weighted by atomic mass is 10.1. The number of carbonyl (C=O) groups excluding carboxylic acids is 2. The molecule has 180 valence electrons. The molecule has 0 bridgehead atoms. The quantitative estimate of drug-likeness (QED) is 0.492. The number of nitrogens with zero attached hydrogens (tertiary/aromatic N) is 2. The van der Waals surface area contributed by atoms with Gasteiger partial charge in [-0.1, -0.05) is 47.5 Å². The van der Waals surface area contributed by atoms with Gasteiger partial charge < -0.3 is 10.2 Å². The molecule has 0 fully saturated rings. The van der Waals surface area contributed by atoms with Crippen LogP contribution in [0.3, 0.4) is 0 Å². The van der Waals surface area contributed by atoms with E-state index in [1.165, 1.54) is 28.4 Å². The number of halogens is 2. The lowest BCUT2D eigenvalue weighted by molar-refractivity contribution is -0.140. The summed E-state index contributed by atoms with van der Waals surface area (Å²) in [7, 11) is -2.17. The second-order valence-corrected chi connectivity index (χ2v) is 10.4. The average Bonchev–Trinajstić information content (AvgIpc) is 2.79. The first-order valence-electron chi connectivity index (χ1n) is 10.6. The molecule has 0 heterocycles. The molecule has 0 spiro atoms. The van der Waals surface area contributed by atoms with E-state index >= 15 is 0 Å². The van der Waals surface area contributed by atoms with Crippen LogP contribution in [0, 0.1) is 0 Å². The van der Waals surface area contributed by atoms with Crippen molar-refractivity contribution in [3.05, 3.63) is 64.1 Å². The van der Waals surface area contributed by atoms with Crippen molar-refractivity contribution in [1.82, 2.24) is 14.5 Å². The standard InChI is InChI=1S/C23H29Cl2N3O4S/c1-4-26-23(30)17(2)28(16-19-20(24)12-8-13-21(19)25)22(29)14-9-15-27(3)33(31,32)18-10-6-5-7-11-18/h5-8,10-13,17H,4,9,14-16H2,1-3H3,(H,26,30)/t17-/m1/s1. The molecule has 0 saturated carbocycles. The molecule has 0 aliphatic rings. The summed E-state index contributed by atoms with van der Waals surface area (Å²) in [6, 6.07) is 12.4. The predicted octanol–water partition coefficient (Wildman–Crippen LogP) is 3.95. The largest absolute Gasteiger partial charge is 0.355 e. The Morgan fingerprint density at radius 2 is 1.64 bits per heavy atom. The Kier molecular flexibility index (Phi) is 10.2. The zero-order chi connectivity index (χ0) is 24.6. The second-order valence-electron chi connectivity index (χ2n) is 7.54. The molecule has 0 aliphatic heterocycles. The fraction of sp³-hybridized carbons (Fsp3) is 0.391. The first-order chi connectivity index (χ1) is 15.6. The maximum absolute atomic E-state index is 13.1. The third-order valence-corrected chi connectivity index (χ3v) is 7.80. The highest BCUT2D eigenvalue weighted by atomic mass is 35.5. The molecule has 10 heteroatoms. The molecular weight excluding hydrogens is 485 g/mol. The molecule has 0 radical (unpaired) electrons. The average molecular weight is 514 g/mol. The molecule has 2 aromatic carbocycles. The van der Waals surface area contributed by atoms with Gasteiger partial charge in [0.1, 0.15) is 6.04 Å².